The lowest BCUT2D eigenvalue weighted by atomic mass is 10.2. The number of hydrogen-bond acceptors (Lipinski definition) is 3. The van der Waals surface area contributed by atoms with E-state index in [-0.39, 0.29) is 0 Å². The molecule has 1 aromatic rings. The second kappa shape index (κ2) is 4.84. The molecular formula is C14H19N3S. The molecule has 0 aromatic carbocycles. The standard InChI is InChI=1S/C14H19N3S/c15-14(18)12-5-6-16-13(7-12)17(8-10-1-2-10)9-11-3-4-11/h5-7,10-11H,1-4,8-9H2,(H2,15,18). The Morgan fingerprint density at radius 3 is 2.39 bits per heavy atom. The molecule has 1 heterocycles. The third-order valence-electron chi connectivity index (χ3n) is 3.71. The van der Waals surface area contributed by atoms with Crippen molar-refractivity contribution in [1.29, 1.82) is 0 Å². The molecule has 2 aliphatic rings. The summed E-state index contributed by atoms with van der Waals surface area (Å²) in [5.74, 6) is 2.79. The second-order valence-electron chi connectivity index (χ2n) is 5.56. The van der Waals surface area contributed by atoms with Crippen molar-refractivity contribution >= 4 is 23.0 Å². The molecule has 18 heavy (non-hydrogen) atoms. The molecule has 4 heteroatoms. The average Bonchev–Trinajstić information content (AvgIpc) is 3.23. The number of hydrogen-bond donors (Lipinski definition) is 1. The van der Waals surface area contributed by atoms with Gasteiger partial charge in [0.1, 0.15) is 10.8 Å². The fraction of sp³-hybridized carbons (Fsp3) is 0.571. The van der Waals surface area contributed by atoms with Crippen LogP contribution in [0.15, 0.2) is 18.3 Å². The Morgan fingerprint density at radius 2 is 1.89 bits per heavy atom. The summed E-state index contributed by atoms with van der Waals surface area (Å²) in [6.07, 6.45) is 7.30. The van der Waals surface area contributed by atoms with Crippen molar-refractivity contribution in [2.45, 2.75) is 25.7 Å². The smallest absolute Gasteiger partial charge is 0.129 e. The lowest BCUT2D eigenvalue weighted by Crippen LogP contribution is -2.29. The first-order valence-electron chi connectivity index (χ1n) is 6.73. The molecule has 2 aliphatic carbocycles. The molecule has 0 aliphatic heterocycles. The highest BCUT2D eigenvalue weighted by Gasteiger charge is 2.29. The van der Waals surface area contributed by atoms with Crippen LogP contribution in [0.3, 0.4) is 0 Å². The SMILES string of the molecule is NC(=S)c1ccnc(N(CC2CC2)CC2CC2)c1. The number of nitrogens with zero attached hydrogens (tertiary/aromatic N) is 2. The number of rotatable bonds is 6. The Morgan fingerprint density at radius 1 is 1.28 bits per heavy atom. The van der Waals surface area contributed by atoms with E-state index in [9.17, 15) is 0 Å². The molecule has 3 nitrogen and oxygen atoms in total. The lowest BCUT2D eigenvalue weighted by molar-refractivity contribution is 0.671. The number of aromatic nitrogens is 1. The zero-order chi connectivity index (χ0) is 12.5. The van der Waals surface area contributed by atoms with Gasteiger partial charge in [0.2, 0.25) is 0 Å². The number of pyridine rings is 1. The van der Waals surface area contributed by atoms with Crippen LogP contribution in [0.1, 0.15) is 31.2 Å². The highest BCUT2D eigenvalue weighted by molar-refractivity contribution is 7.80. The lowest BCUT2D eigenvalue weighted by Gasteiger charge is -2.24. The normalized spacial score (nSPS) is 18.7. The Kier molecular flexibility index (Phi) is 3.20. The predicted octanol–water partition coefficient (Wildman–Crippen LogP) is 2.34. The van der Waals surface area contributed by atoms with Crippen LogP contribution in [0.4, 0.5) is 5.82 Å². The van der Waals surface area contributed by atoms with Gasteiger partial charge in [0.05, 0.1) is 0 Å². The summed E-state index contributed by atoms with van der Waals surface area (Å²) < 4.78 is 0. The molecule has 0 atom stereocenters. The van der Waals surface area contributed by atoms with Gasteiger partial charge >= 0.3 is 0 Å². The third kappa shape index (κ3) is 2.99. The molecule has 2 fully saturated rings. The molecule has 3 rings (SSSR count). The van der Waals surface area contributed by atoms with Gasteiger partial charge in [0.25, 0.3) is 0 Å². The topological polar surface area (TPSA) is 42.1 Å². The van der Waals surface area contributed by atoms with E-state index in [1.807, 2.05) is 18.3 Å². The van der Waals surface area contributed by atoms with Crippen LogP contribution in [0.25, 0.3) is 0 Å². The Labute approximate surface area is 113 Å². The molecule has 2 N–H and O–H groups in total. The van der Waals surface area contributed by atoms with Gasteiger partial charge in [0, 0.05) is 24.8 Å². The predicted molar refractivity (Wildman–Crippen MR) is 77.8 cm³/mol. The van der Waals surface area contributed by atoms with E-state index in [0.717, 1.165) is 36.3 Å². The van der Waals surface area contributed by atoms with Crippen LogP contribution < -0.4 is 10.6 Å². The largest absolute Gasteiger partial charge is 0.389 e. The summed E-state index contributed by atoms with van der Waals surface area (Å²) in [4.78, 5) is 7.38. The van der Waals surface area contributed by atoms with Crippen LogP contribution >= 0.6 is 12.2 Å². The van der Waals surface area contributed by atoms with E-state index in [0.29, 0.717) is 4.99 Å². The van der Waals surface area contributed by atoms with Gasteiger partial charge in [-0.2, -0.15) is 0 Å². The number of nitrogens with two attached hydrogens (primary N) is 1. The van der Waals surface area contributed by atoms with Crippen LogP contribution in [-0.2, 0) is 0 Å². The van der Waals surface area contributed by atoms with Crippen molar-refractivity contribution in [2.75, 3.05) is 18.0 Å². The van der Waals surface area contributed by atoms with Gasteiger partial charge in [0.15, 0.2) is 0 Å². The van der Waals surface area contributed by atoms with Crippen LogP contribution in [-0.4, -0.2) is 23.1 Å². The fourth-order valence-electron chi connectivity index (χ4n) is 2.23. The van der Waals surface area contributed by atoms with Crippen LogP contribution in [0, 0.1) is 11.8 Å². The zero-order valence-corrected chi connectivity index (χ0v) is 11.3. The fourth-order valence-corrected chi connectivity index (χ4v) is 2.36. The minimum absolute atomic E-state index is 0.455. The minimum atomic E-state index is 0.455. The van der Waals surface area contributed by atoms with Gasteiger partial charge in [-0.15, -0.1) is 0 Å². The number of anilines is 1. The Bertz CT molecular complexity index is 438. The molecule has 0 amide bonds. The molecule has 0 unspecified atom stereocenters. The highest BCUT2D eigenvalue weighted by Crippen LogP contribution is 2.35. The molecule has 0 spiro atoms. The van der Waals surface area contributed by atoms with E-state index < -0.39 is 0 Å². The molecule has 0 radical (unpaired) electrons. The third-order valence-corrected chi connectivity index (χ3v) is 3.94. The highest BCUT2D eigenvalue weighted by atomic mass is 32.1. The van der Waals surface area contributed by atoms with Gasteiger partial charge in [-0.1, -0.05) is 12.2 Å². The molecule has 96 valence electrons. The maximum absolute atomic E-state index is 5.70. The van der Waals surface area contributed by atoms with E-state index in [1.165, 1.54) is 25.7 Å². The summed E-state index contributed by atoms with van der Waals surface area (Å²) in [5, 5.41) is 0. The Balaban J connectivity index is 1.77. The summed E-state index contributed by atoms with van der Waals surface area (Å²) in [6, 6.07) is 3.92. The summed E-state index contributed by atoms with van der Waals surface area (Å²) in [7, 11) is 0. The molecule has 2 saturated carbocycles. The molecule has 1 aromatic heterocycles. The molecule has 0 bridgehead atoms. The van der Waals surface area contributed by atoms with Crippen molar-refractivity contribution < 1.29 is 0 Å². The van der Waals surface area contributed by atoms with Crippen molar-refractivity contribution in [3.05, 3.63) is 23.9 Å². The van der Waals surface area contributed by atoms with Gasteiger partial charge < -0.3 is 10.6 Å². The quantitative estimate of drug-likeness (QED) is 0.798. The van der Waals surface area contributed by atoms with Gasteiger partial charge in [-0.25, -0.2) is 4.98 Å². The number of thiocarbonyl (C=S) groups is 1. The van der Waals surface area contributed by atoms with Gasteiger partial charge in [-0.3, -0.25) is 0 Å². The van der Waals surface area contributed by atoms with Crippen molar-refractivity contribution in [3.63, 3.8) is 0 Å². The monoisotopic (exact) mass is 261 g/mol. The zero-order valence-electron chi connectivity index (χ0n) is 10.5. The van der Waals surface area contributed by atoms with Crippen molar-refractivity contribution in [1.82, 2.24) is 4.98 Å². The second-order valence-corrected chi connectivity index (χ2v) is 6.00. The van der Waals surface area contributed by atoms with Gasteiger partial charge in [-0.05, 0) is 49.7 Å². The summed E-state index contributed by atoms with van der Waals surface area (Å²) >= 11 is 5.04. The van der Waals surface area contributed by atoms with Crippen LogP contribution in [0.5, 0.6) is 0 Å². The average molecular weight is 261 g/mol. The molecular weight excluding hydrogens is 242 g/mol. The molecule has 0 saturated heterocycles. The van der Waals surface area contributed by atoms with Crippen LogP contribution in [0.2, 0.25) is 0 Å². The van der Waals surface area contributed by atoms with E-state index in [2.05, 4.69) is 9.88 Å². The van der Waals surface area contributed by atoms with Crippen molar-refractivity contribution in [3.8, 4) is 0 Å². The first kappa shape index (κ1) is 11.9. The van der Waals surface area contributed by atoms with E-state index in [1.54, 1.807) is 0 Å². The van der Waals surface area contributed by atoms with Crippen molar-refractivity contribution in [2.24, 2.45) is 17.6 Å². The summed E-state index contributed by atoms with van der Waals surface area (Å²) in [5.41, 5.74) is 6.62. The van der Waals surface area contributed by atoms with E-state index in [4.69, 9.17) is 18.0 Å². The minimum Gasteiger partial charge on any atom is -0.389 e. The maximum atomic E-state index is 5.70. The first-order valence-corrected chi connectivity index (χ1v) is 7.14. The van der Waals surface area contributed by atoms with E-state index >= 15 is 0 Å². The Hall–Kier alpha value is -1.16. The maximum Gasteiger partial charge on any atom is 0.129 e. The first-order chi connectivity index (χ1) is 8.72. The summed E-state index contributed by atoms with van der Waals surface area (Å²) in [6.45, 7) is 2.29.